The molecule has 2 aromatic rings. The Kier molecular flexibility index (Phi) is 2.93. The van der Waals surface area contributed by atoms with E-state index in [4.69, 9.17) is 5.84 Å². The fraction of sp³-hybridized carbons (Fsp3) is 0.167. The Bertz CT molecular complexity index is 531. The number of nitrogens with one attached hydrogen (secondary N) is 1. The van der Waals surface area contributed by atoms with Crippen molar-refractivity contribution in [2.24, 2.45) is 5.84 Å². The molecule has 5 heteroatoms. The SMILES string of the molecule is Cc1cc(-c2nccc(NN)n2)cc(C)c1O. The summed E-state index contributed by atoms with van der Waals surface area (Å²) in [6, 6.07) is 5.37. The zero-order valence-corrected chi connectivity index (χ0v) is 9.73. The summed E-state index contributed by atoms with van der Waals surface area (Å²) in [5, 5.41) is 9.71. The van der Waals surface area contributed by atoms with Crippen LogP contribution in [0.15, 0.2) is 24.4 Å². The number of phenolic OH excluding ortho intramolecular Hbond substituents is 1. The molecule has 0 aliphatic rings. The lowest BCUT2D eigenvalue weighted by atomic mass is 10.1. The van der Waals surface area contributed by atoms with Gasteiger partial charge in [-0.3, -0.25) is 0 Å². The van der Waals surface area contributed by atoms with Gasteiger partial charge in [-0.05, 0) is 37.1 Å². The fourth-order valence-corrected chi connectivity index (χ4v) is 1.66. The second kappa shape index (κ2) is 4.39. The number of aryl methyl sites for hydroxylation is 2. The summed E-state index contributed by atoms with van der Waals surface area (Å²) >= 11 is 0. The van der Waals surface area contributed by atoms with Crippen molar-refractivity contribution in [2.45, 2.75) is 13.8 Å². The predicted octanol–water partition coefficient (Wildman–Crippen LogP) is 1.75. The summed E-state index contributed by atoms with van der Waals surface area (Å²) in [7, 11) is 0. The van der Waals surface area contributed by atoms with Crippen LogP contribution in [0.1, 0.15) is 11.1 Å². The molecule has 17 heavy (non-hydrogen) atoms. The van der Waals surface area contributed by atoms with E-state index in [0.29, 0.717) is 17.4 Å². The van der Waals surface area contributed by atoms with Crippen LogP contribution in [0.3, 0.4) is 0 Å². The lowest BCUT2D eigenvalue weighted by molar-refractivity contribution is 0.467. The van der Waals surface area contributed by atoms with Crippen molar-refractivity contribution >= 4 is 5.82 Å². The number of hydrogen-bond donors (Lipinski definition) is 3. The number of anilines is 1. The van der Waals surface area contributed by atoms with E-state index in [1.807, 2.05) is 26.0 Å². The van der Waals surface area contributed by atoms with Gasteiger partial charge in [0, 0.05) is 17.8 Å². The summed E-state index contributed by atoms with van der Waals surface area (Å²) < 4.78 is 0. The molecule has 0 aliphatic carbocycles. The van der Waals surface area contributed by atoms with Crippen molar-refractivity contribution in [1.29, 1.82) is 0 Å². The molecule has 88 valence electrons. The largest absolute Gasteiger partial charge is 0.507 e. The Morgan fingerprint density at radius 1 is 1.24 bits per heavy atom. The lowest BCUT2D eigenvalue weighted by Crippen LogP contribution is -2.09. The Balaban J connectivity index is 2.52. The molecule has 0 saturated carbocycles. The van der Waals surface area contributed by atoms with Crippen molar-refractivity contribution in [1.82, 2.24) is 9.97 Å². The average molecular weight is 230 g/mol. The van der Waals surface area contributed by atoms with Gasteiger partial charge in [-0.2, -0.15) is 0 Å². The maximum absolute atomic E-state index is 9.71. The highest BCUT2D eigenvalue weighted by molar-refractivity contribution is 5.62. The van der Waals surface area contributed by atoms with E-state index in [1.54, 1.807) is 12.3 Å². The van der Waals surface area contributed by atoms with E-state index in [0.717, 1.165) is 16.7 Å². The van der Waals surface area contributed by atoms with Gasteiger partial charge in [0.1, 0.15) is 11.6 Å². The van der Waals surface area contributed by atoms with Crippen LogP contribution >= 0.6 is 0 Å². The van der Waals surface area contributed by atoms with E-state index >= 15 is 0 Å². The molecule has 0 saturated heterocycles. The molecule has 1 heterocycles. The van der Waals surface area contributed by atoms with Gasteiger partial charge in [0.25, 0.3) is 0 Å². The zero-order chi connectivity index (χ0) is 12.4. The molecule has 0 radical (unpaired) electrons. The molecule has 0 fully saturated rings. The third-order valence-electron chi connectivity index (χ3n) is 2.55. The number of nitrogens with zero attached hydrogens (tertiary/aromatic N) is 2. The number of rotatable bonds is 2. The van der Waals surface area contributed by atoms with Crippen molar-refractivity contribution in [3.8, 4) is 17.1 Å². The van der Waals surface area contributed by atoms with Gasteiger partial charge in [0.15, 0.2) is 5.82 Å². The number of nitrogens with two attached hydrogens (primary N) is 1. The predicted molar refractivity (Wildman–Crippen MR) is 66.4 cm³/mol. The van der Waals surface area contributed by atoms with Gasteiger partial charge < -0.3 is 10.5 Å². The highest BCUT2D eigenvalue weighted by Gasteiger charge is 2.07. The Hall–Kier alpha value is -2.14. The first-order valence-corrected chi connectivity index (χ1v) is 5.22. The van der Waals surface area contributed by atoms with Gasteiger partial charge in [-0.1, -0.05) is 0 Å². The van der Waals surface area contributed by atoms with E-state index in [1.165, 1.54) is 0 Å². The highest BCUT2D eigenvalue weighted by atomic mass is 16.3. The molecule has 0 bridgehead atoms. The minimum absolute atomic E-state index is 0.307. The number of aromatic nitrogens is 2. The maximum atomic E-state index is 9.71. The van der Waals surface area contributed by atoms with Crippen LogP contribution in [0, 0.1) is 13.8 Å². The third-order valence-corrected chi connectivity index (χ3v) is 2.55. The maximum Gasteiger partial charge on any atom is 0.161 e. The van der Waals surface area contributed by atoms with Gasteiger partial charge in [0.2, 0.25) is 0 Å². The third kappa shape index (κ3) is 2.19. The standard InChI is InChI=1S/C12H14N4O/c1-7-5-9(6-8(2)11(7)17)12-14-4-3-10(15-12)16-13/h3-6,17H,13H2,1-2H3,(H,14,15,16). The molecule has 5 nitrogen and oxygen atoms in total. The number of benzene rings is 1. The van der Waals surface area contributed by atoms with Gasteiger partial charge in [-0.15, -0.1) is 0 Å². The molecule has 0 unspecified atom stereocenters. The number of aromatic hydroxyl groups is 1. The molecule has 1 aromatic carbocycles. The highest BCUT2D eigenvalue weighted by Crippen LogP contribution is 2.27. The minimum atomic E-state index is 0.307. The second-order valence-electron chi connectivity index (χ2n) is 3.87. The average Bonchev–Trinajstić information content (AvgIpc) is 2.35. The van der Waals surface area contributed by atoms with Crippen LogP contribution in [0.5, 0.6) is 5.75 Å². The van der Waals surface area contributed by atoms with E-state index in [9.17, 15) is 5.11 Å². The first-order valence-electron chi connectivity index (χ1n) is 5.22. The first kappa shape index (κ1) is 11.3. The lowest BCUT2D eigenvalue weighted by Gasteiger charge is -2.07. The molecule has 1 aromatic heterocycles. The summed E-state index contributed by atoms with van der Waals surface area (Å²) in [6.45, 7) is 3.69. The monoisotopic (exact) mass is 230 g/mol. The van der Waals surface area contributed by atoms with Crippen molar-refractivity contribution in [2.75, 3.05) is 5.43 Å². The van der Waals surface area contributed by atoms with Crippen LogP contribution in [0.4, 0.5) is 5.82 Å². The van der Waals surface area contributed by atoms with E-state index in [2.05, 4.69) is 15.4 Å². The normalized spacial score (nSPS) is 10.3. The van der Waals surface area contributed by atoms with Crippen LogP contribution in [0.2, 0.25) is 0 Å². The van der Waals surface area contributed by atoms with Crippen LogP contribution in [-0.2, 0) is 0 Å². The second-order valence-corrected chi connectivity index (χ2v) is 3.87. The zero-order valence-electron chi connectivity index (χ0n) is 9.73. The molecule has 0 amide bonds. The van der Waals surface area contributed by atoms with Gasteiger partial charge in [-0.25, -0.2) is 15.8 Å². The molecular formula is C12H14N4O. The molecule has 0 aliphatic heterocycles. The topological polar surface area (TPSA) is 84.1 Å². The molecule has 0 spiro atoms. The Labute approximate surface area is 99.3 Å². The van der Waals surface area contributed by atoms with Crippen LogP contribution in [0.25, 0.3) is 11.4 Å². The van der Waals surface area contributed by atoms with Crippen LogP contribution < -0.4 is 11.3 Å². The number of hydrazine groups is 1. The first-order chi connectivity index (χ1) is 8.11. The summed E-state index contributed by atoms with van der Waals surface area (Å²) in [5.41, 5.74) is 4.93. The van der Waals surface area contributed by atoms with Gasteiger partial charge >= 0.3 is 0 Å². The number of phenols is 1. The smallest absolute Gasteiger partial charge is 0.161 e. The van der Waals surface area contributed by atoms with E-state index in [-0.39, 0.29) is 0 Å². The summed E-state index contributed by atoms with van der Waals surface area (Å²) in [5.74, 6) is 6.74. The summed E-state index contributed by atoms with van der Waals surface area (Å²) in [6.07, 6.45) is 1.63. The minimum Gasteiger partial charge on any atom is -0.507 e. The van der Waals surface area contributed by atoms with E-state index < -0.39 is 0 Å². The molecular weight excluding hydrogens is 216 g/mol. The summed E-state index contributed by atoms with van der Waals surface area (Å²) in [4.78, 5) is 8.43. The van der Waals surface area contributed by atoms with Crippen molar-refractivity contribution in [3.05, 3.63) is 35.5 Å². The molecule has 0 atom stereocenters. The van der Waals surface area contributed by atoms with Crippen molar-refractivity contribution in [3.63, 3.8) is 0 Å². The Morgan fingerprint density at radius 2 is 1.88 bits per heavy atom. The number of nitrogen functional groups attached to an aromatic ring is 1. The quantitative estimate of drug-likeness (QED) is 0.540. The Morgan fingerprint density at radius 3 is 2.47 bits per heavy atom. The molecule has 4 N–H and O–H groups in total. The van der Waals surface area contributed by atoms with Crippen molar-refractivity contribution < 1.29 is 5.11 Å². The fourth-order valence-electron chi connectivity index (χ4n) is 1.66. The van der Waals surface area contributed by atoms with Crippen LogP contribution in [-0.4, -0.2) is 15.1 Å². The van der Waals surface area contributed by atoms with Gasteiger partial charge in [0.05, 0.1) is 0 Å². The number of hydrogen-bond acceptors (Lipinski definition) is 5. The molecule has 2 rings (SSSR count).